The zero-order valence-electron chi connectivity index (χ0n) is 14.0. The van der Waals surface area contributed by atoms with Crippen molar-refractivity contribution in [2.24, 2.45) is 0 Å². The lowest BCUT2D eigenvalue weighted by Crippen LogP contribution is -2.36. The van der Waals surface area contributed by atoms with Crippen molar-refractivity contribution < 1.29 is 13.2 Å². The Bertz CT molecular complexity index is 848. The number of amides is 1. The summed E-state index contributed by atoms with van der Waals surface area (Å²) < 4.78 is 27.2. The van der Waals surface area contributed by atoms with Crippen molar-refractivity contribution in [2.45, 2.75) is 37.1 Å². The molecule has 0 spiro atoms. The molecule has 0 radical (unpaired) electrons. The fraction of sp³-hybridized carbons (Fsp3) is 0.316. The van der Waals surface area contributed by atoms with Crippen LogP contribution < -0.4 is 10.0 Å². The molecular formula is C19H22N2O3S. The van der Waals surface area contributed by atoms with E-state index in [1.54, 1.807) is 12.1 Å². The first-order valence-electron chi connectivity index (χ1n) is 8.47. The molecule has 0 aromatic heterocycles. The van der Waals surface area contributed by atoms with Crippen molar-refractivity contribution in [3.63, 3.8) is 0 Å². The number of benzene rings is 2. The van der Waals surface area contributed by atoms with E-state index in [-0.39, 0.29) is 17.3 Å². The molecule has 0 atom stereocenters. The predicted molar refractivity (Wildman–Crippen MR) is 96.6 cm³/mol. The van der Waals surface area contributed by atoms with Gasteiger partial charge in [0.15, 0.2) is 0 Å². The summed E-state index contributed by atoms with van der Waals surface area (Å²) in [4.78, 5) is 12.1. The first-order valence-corrected chi connectivity index (χ1v) is 9.95. The summed E-state index contributed by atoms with van der Waals surface area (Å²) in [6, 6.07) is 14.7. The third-order valence-electron chi connectivity index (χ3n) is 4.39. The number of nitrogens with one attached hydrogen (secondary N) is 2. The topological polar surface area (TPSA) is 75.3 Å². The second-order valence-electron chi connectivity index (χ2n) is 6.22. The minimum atomic E-state index is -3.68. The van der Waals surface area contributed by atoms with Gasteiger partial charge >= 0.3 is 0 Å². The summed E-state index contributed by atoms with van der Waals surface area (Å²) in [6.07, 6.45) is 4.16. The molecule has 1 aliphatic rings. The predicted octanol–water partition coefficient (Wildman–Crippen LogP) is 2.16. The van der Waals surface area contributed by atoms with Crippen molar-refractivity contribution in [1.29, 1.82) is 0 Å². The van der Waals surface area contributed by atoms with Crippen LogP contribution >= 0.6 is 0 Å². The van der Waals surface area contributed by atoms with Gasteiger partial charge in [-0.05, 0) is 54.5 Å². The average molecular weight is 358 g/mol. The van der Waals surface area contributed by atoms with Gasteiger partial charge in [-0.25, -0.2) is 13.1 Å². The molecule has 0 unspecified atom stereocenters. The molecule has 0 fully saturated rings. The Morgan fingerprint density at radius 2 is 1.68 bits per heavy atom. The molecule has 0 bridgehead atoms. The van der Waals surface area contributed by atoms with E-state index >= 15 is 0 Å². The lowest BCUT2D eigenvalue weighted by Gasteiger charge is -2.16. The summed E-state index contributed by atoms with van der Waals surface area (Å²) in [6.45, 7) is 0.104. The smallest absolute Gasteiger partial charge is 0.241 e. The van der Waals surface area contributed by atoms with E-state index in [0.29, 0.717) is 6.54 Å². The maximum Gasteiger partial charge on any atom is 0.241 e. The van der Waals surface area contributed by atoms with Gasteiger partial charge < -0.3 is 5.32 Å². The molecule has 2 N–H and O–H groups in total. The van der Waals surface area contributed by atoms with E-state index in [4.69, 9.17) is 0 Å². The lowest BCUT2D eigenvalue weighted by molar-refractivity contribution is -0.120. The molecular weight excluding hydrogens is 336 g/mol. The third-order valence-corrected chi connectivity index (χ3v) is 5.78. The Hall–Kier alpha value is -2.18. The third kappa shape index (κ3) is 4.67. The lowest BCUT2D eigenvalue weighted by atomic mass is 9.92. The highest BCUT2D eigenvalue weighted by molar-refractivity contribution is 7.89. The molecule has 0 aliphatic heterocycles. The number of aryl methyl sites for hydroxylation is 2. The van der Waals surface area contributed by atoms with E-state index in [9.17, 15) is 13.2 Å². The standard InChI is InChI=1S/C19H22N2O3S/c22-19(20-13-15-6-2-1-3-7-15)14-21-25(23,24)18-11-10-16-8-4-5-9-17(16)12-18/h1-3,6-7,10-12,21H,4-5,8-9,13-14H2,(H,20,22). The number of fused-ring (bicyclic) bond motifs is 1. The quantitative estimate of drug-likeness (QED) is 0.831. The minimum Gasteiger partial charge on any atom is -0.351 e. The van der Waals surface area contributed by atoms with Crippen LogP contribution in [0.5, 0.6) is 0 Å². The number of hydrogen-bond donors (Lipinski definition) is 2. The van der Waals surface area contributed by atoms with Crippen LogP contribution in [0.25, 0.3) is 0 Å². The highest BCUT2D eigenvalue weighted by atomic mass is 32.2. The van der Waals surface area contributed by atoms with Gasteiger partial charge in [0.25, 0.3) is 0 Å². The molecule has 3 rings (SSSR count). The van der Waals surface area contributed by atoms with Crippen LogP contribution in [0.15, 0.2) is 53.4 Å². The van der Waals surface area contributed by atoms with Crippen molar-refractivity contribution in [1.82, 2.24) is 10.0 Å². The van der Waals surface area contributed by atoms with E-state index in [0.717, 1.165) is 36.8 Å². The summed E-state index contributed by atoms with van der Waals surface area (Å²) in [7, 11) is -3.68. The zero-order valence-corrected chi connectivity index (χ0v) is 14.8. The summed E-state index contributed by atoms with van der Waals surface area (Å²) in [5.74, 6) is -0.356. The Labute approximate surface area is 148 Å². The van der Waals surface area contributed by atoms with Crippen LogP contribution in [-0.2, 0) is 34.2 Å². The molecule has 0 saturated heterocycles. The molecule has 0 heterocycles. The molecule has 1 amide bonds. The maximum absolute atomic E-state index is 12.4. The molecule has 0 saturated carbocycles. The second kappa shape index (κ2) is 7.80. The number of carbonyl (C=O) groups is 1. The van der Waals surface area contributed by atoms with Gasteiger partial charge in [-0.3, -0.25) is 4.79 Å². The largest absolute Gasteiger partial charge is 0.351 e. The van der Waals surface area contributed by atoms with Gasteiger partial charge in [0.2, 0.25) is 15.9 Å². The molecule has 6 heteroatoms. The Morgan fingerprint density at radius 3 is 2.44 bits per heavy atom. The zero-order chi connectivity index (χ0) is 17.7. The Morgan fingerprint density at radius 1 is 0.960 bits per heavy atom. The van der Waals surface area contributed by atoms with E-state index in [2.05, 4.69) is 10.0 Å². The van der Waals surface area contributed by atoms with Crippen molar-refractivity contribution in [3.05, 3.63) is 65.2 Å². The summed E-state index contributed by atoms with van der Waals surface area (Å²) >= 11 is 0. The van der Waals surface area contributed by atoms with Crippen LogP contribution in [0.4, 0.5) is 0 Å². The fourth-order valence-corrected chi connectivity index (χ4v) is 4.01. The summed E-state index contributed by atoms with van der Waals surface area (Å²) in [5, 5.41) is 2.71. The van der Waals surface area contributed by atoms with Crippen molar-refractivity contribution in [2.75, 3.05) is 6.54 Å². The van der Waals surface area contributed by atoms with Crippen molar-refractivity contribution >= 4 is 15.9 Å². The molecule has 1 aliphatic carbocycles. The number of sulfonamides is 1. The van der Waals surface area contributed by atoms with Gasteiger partial charge in [0.05, 0.1) is 11.4 Å². The van der Waals surface area contributed by atoms with Crippen LogP contribution in [0.1, 0.15) is 29.5 Å². The first kappa shape index (κ1) is 17.6. The van der Waals surface area contributed by atoms with E-state index in [1.807, 2.05) is 36.4 Å². The Balaban J connectivity index is 1.57. The molecule has 2 aromatic carbocycles. The van der Waals surface area contributed by atoms with Crippen LogP contribution in [-0.4, -0.2) is 20.9 Å². The fourth-order valence-electron chi connectivity index (χ4n) is 2.98. The molecule has 25 heavy (non-hydrogen) atoms. The first-order chi connectivity index (χ1) is 12.0. The second-order valence-corrected chi connectivity index (χ2v) is 7.99. The van der Waals surface area contributed by atoms with E-state index in [1.165, 1.54) is 5.56 Å². The molecule has 2 aromatic rings. The van der Waals surface area contributed by atoms with Gasteiger partial charge in [0, 0.05) is 6.54 Å². The van der Waals surface area contributed by atoms with Crippen LogP contribution in [0.3, 0.4) is 0 Å². The monoisotopic (exact) mass is 358 g/mol. The normalized spacial score (nSPS) is 13.9. The van der Waals surface area contributed by atoms with Gasteiger partial charge in [0.1, 0.15) is 0 Å². The molecule has 132 valence electrons. The SMILES string of the molecule is O=C(CNS(=O)(=O)c1ccc2c(c1)CCCC2)NCc1ccccc1. The number of rotatable bonds is 6. The van der Waals surface area contributed by atoms with Crippen LogP contribution in [0.2, 0.25) is 0 Å². The average Bonchev–Trinajstić information content (AvgIpc) is 2.65. The van der Waals surface area contributed by atoms with E-state index < -0.39 is 10.0 Å². The van der Waals surface area contributed by atoms with Crippen LogP contribution in [0, 0.1) is 0 Å². The highest BCUT2D eigenvalue weighted by Gasteiger charge is 2.18. The Kier molecular flexibility index (Phi) is 5.50. The van der Waals surface area contributed by atoms with Crippen molar-refractivity contribution in [3.8, 4) is 0 Å². The van der Waals surface area contributed by atoms with Gasteiger partial charge in [-0.1, -0.05) is 36.4 Å². The number of carbonyl (C=O) groups excluding carboxylic acids is 1. The summed E-state index contributed by atoms with van der Waals surface area (Å²) in [5.41, 5.74) is 3.29. The maximum atomic E-state index is 12.4. The minimum absolute atomic E-state index is 0.226. The van der Waals surface area contributed by atoms with Gasteiger partial charge in [-0.15, -0.1) is 0 Å². The number of hydrogen-bond acceptors (Lipinski definition) is 3. The van der Waals surface area contributed by atoms with Gasteiger partial charge in [-0.2, -0.15) is 0 Å². The highest BCUT2D eigenvalue weighted by Crippen LogP contribution is 2.23. The molecule has 5 nitrogen and oxygen atoms in total.